The highest BCUT2D eigenvalue weighted by Crippen LogP contribution is 2.35. The van der Waals surface area contributed by atoms with Crippen LogP contribution in [0.15, 0.2) is 70.9 Å². The summed E-state index contributed by atoms with van der Waals surface area (Å²) in [5, 5.41) is 8.70. The Hall–Kier alpha value is -3.75. The molecule has 9 heteroatoms. The molecule has 2 aromatic carbocycles. The number of hydrogen-bond acceptors (Lipinski definition) is 6. The number of fused-ring (bicyclic) bond motifs is 1. The first-order chi connectivity index (χ1) is 15.6. The molecular formula is C23H21F2N5O2. The van der Waals surface area contributed by atoms with E-state index in [4.69, 9.17) is 9.73 Å². The van der Waals surface area contributed by atoms with Crippen molar-refractivity contribution >= 4 is 18.1 Å². The summed E-state index contributed by atoms with van der Waals surface area (Å²) in [5.74, 6) is 0.177. The number of carbonyl (C=O) groups excluding carboxylic acids is 1. The second-order valence-electron chi connectivity index (χ2n) is 7.75. The van der Waals surface area contributed by atoms with Gasteiger partial charge in [-0.3, -0.25) is 0 Å². The molecule has 0 spiro atoms. The average molecular weight is 437 g/mol. The van der Waals surface area contributed by atoms with Crippen molar-refractivity contribution in [3.05, 3.63) is 78.0 Å². The van der Waals surface area contributed by atoms with Crippen LogP contribution < -0.4 is 10.1 Å². The number of aliphatic imine (C=N–C) groups is 1. The lowest BCUT2D eigenvalue weighted by Crippen LogP contribution is -2.48. The van der Waals surface area contributed by atoms with E-state index in [-0.39, 0.29) is 6.04 Å². The van der Waals surface area contributed by atoms with Crippen LogP contribution in [-0.2, 0) is 0 Å². The van der Waals surface area contributed by atoms with Crippen LogP contribution in [0.25, 0.3) is 0 Å². The maximum Gasteiger partial charge on any atom is 0.413 e. The van der Waals surface area contributed by atoms with Gasteiger partial charge in [0.05, 0.1) is 12.3 Å². The molecule has 2 unspecified atom stereocenters. The molecule has 2 aromatic rings. The van der Waals surface area contributed by atoms with Crippen molar-refractivity contribution in [3.63, 3.8) is 0 Å². The van der Waals surface area contributed by atoms with Gasteiger partial charge in [-0.15, -0.1) is 0 Å². The Balaban J connectivity index is 1.32. The molecule has 1 saturated heterocycles. The molecule has 1 fully saturated rings. The van der Waals surface area contributed by atoms with E-state index < -0.39 is 29.9 Å². The molecule has 1 amide bonds. The fourth-order valence-corrected chi connectivity index (χ4v) is 4.22. The predicted octanol–water partition coefficient (Wildman–Crippen LogP) is 3.81. The van der Waals surface area contributed by atoms with Crippen LogP contribution in [0.4, 0.5) is 13.6 Å². The summed E-state index contributed by atoms with van der Waals surface area (Å²) in [4.78, 5) is 19.1. The Morgan fingerprint density at radius 1 is 1.16 bits per heavy atom. The zero-order chi connectivity index (χ0) is 22.1. The summed E-state index contributed by atoms with van der Waals surface area (Å²) < 4.78 is 33.5. The number of hydrazone groups is 1. The Morgan fingerprint density at radius 2 is 2.00 bits per heavy atom. The molecule has 0 aliphatic carbocycles. The van der Waals surface area contributed by atoms with Gasteiger partial charge in [-0.25, -0.2) is 23.6 Å². The Kier molecular flexibility index (Phi) is 5.30. The molecule has 1 N–H and O–H groups in total. The number of rotatable bonds is 3. The predicted molar refractivity (Wildman–Crippen MR) is 115 cm³/mol. The third kappa shape index (κ3) is 3.93. The number of benzene rings is 2. The Morgan fingerprint density at radius 3 is 2.84 bits per heavy atom. The SMILES string of the molecule is O=C(NC1C=NN2C=CC(N3CCC[C@@H]3c3cc(F)ccc3F)=NC12)Oc1ccccc1. The lowest BCUT2D eigenvalue weighted by atomic mass is 10.0. The molecule has 0 bridgehead atoms. The normalized spacial score (nSPS) is 23.8. The molecule has 32 heavy (non-hydrogen) atoms. The minimum absolute atomic E-state index is 0.308. The van der Waals surface area contributed by atoms with Crippen LogP contribution >= 0.6 is 0 Å². The molecule has 3 heterocycles. The standard InChI is InChI=1S/C23H21F2N5O2/c24-15-8-9-18(25)17(13-15)20-7-4-11-29(20)21-10-12-30-22(28-21)19(14-26-30)27-23(31)32-16-5-2-1-3-6-16/h1-3,5-6,8-10,12-14,19-20,22H,4,7,11H2,(H,27,31)/t19?,20-,22?/m1/s1. The van der Waals surface area contributed by atoms with E-state index in [2.05, 4.69) is 10.4 Å². The molecule has 0 aromatic heterocycles. The fraction of sp³-hybridized carbons (Fsp3) is 0.261. The van der Waals surface area contributed by atoms with Gasteiger partial charge in [-0.1, -0.05) is 18.2 Å². The van der Waals surface area contributed by atoms with Crippen molar-refractivity contribution in [1.82, 2.24) is 15.2 Å². The molecule has 3 aliphatic rings. The molecule has 0 radical (unpaired) electrons. The van der Waals surface area contributed by atoms with Crippen LogP contribution in [0.3, 0.4) is 0 Å². The number of hydrogen-bond donors (Lipinski definition) is 1. The van der Waals surface area contributed by atoms with E-state index in [1.807, 2.05) is 11.0 Å². The van der Waals surface area contributed by atoms with Crippen LogP contribution in [0.1, 0.15) is 24.4 Å². The smallest absolute Gasteiger partial charge is 0.410 e. The lowest BCUT2D eigenvalue weighted by Gasteiger charge is -2.32. The highest BCUT2D eigenvalue weighted by molar-refractivity contribution is 5.95. The van der Waals surface area contributed by atoms with Gasteiger partial charge in [0.1, 0.15) is 29.3 Å². The van der Waals surface area contributed by atoms with E-state index in [0.717, 1.165) is 18.6 Å². The zero-order valence-corrected chi connectivity index (χ0v) is 17.1. The number of carbonyl (C=O) groups is 1. The maximum atomic E-state index is 14.4. The Labute approximate surface area is 183 Å². The van der Waals surface area contributed by atoms with Crippen LogP contribution in [-0.4, -0.2) is 46.8 Å². The summed E-state index contributed by atoms with van der Waals surface area (Å²) in [6.07, 6.45) is 5.60. The van der Waals surface area contributed by atoms with Crippen molar-refractivity contribution in [2.45, 2.75) is 31.1 Å². The first-order valence-corrected chi connectivity index (χ1v) is 10.4. The second kappa shape index (κ2) is 8.41. The Bertz CT molecular complexity index is 1100. The zero-order valence-electron chi connectivity index (χ0n) is 17.1. The first-order valence-electron chi connectivity index (χ1n) is 10.4. The average Bonchev–Trinajstić information content (AvgIpc) is 3.43. The molecule has 164 valence electrons. The number of amidine groups is 1. The second-order valence-corrected chi connectivity index (χ2v) is 7.75. The van der Waals surface area contributed by atoms with Crippen molar-refractivity contribution in [3.8, 4) is 5.75 Å². The van der Waals surface area contributed by atoms with Crippen molar-refractivity contribution < 1.29 is 18.3 Å². The minimum atomic E-state index is -0.610. The molecule has 3 atom stereocenters. The number of amides is 1. The number of nitrogens with zero attached hydrogens (tertiary/aromatic N) is 4. The highest BCUT2D eigenvalue weighted by Gasteiger charge is 2.37. The molecular weight excluding hydrogens is 416 g/mol. The largest absolute Gasteiger partial charge is 0.413 e. The number of halogens is 2. The van der Waals surface area contributed by atoms with Gasteiger partial charge in [0.15, 0.2) is 6.17 Å². The summed E-state index contributed by atoms with van der Waals surface area (Å²) in [7, 11) is 0. The summed E-state index contributed by atoms with van der Waals surface area (Å²) in [5.41, 5.74) is 0.324. The van der Waals surface area contributed by atoms with Crippen LogP contribution in [0.2, 0.25) is 0 Å². The van der Waals surface area contributed by atoms with E-state index >= 15 is 0 Å². The quantitative estimate of drug-likeness (QED) is 0.793. The fourth-order valence-electron chi connectivity index (χ4n) is 4.22. The summed E-state index contributed by atoms with van der Waals surface area (Å²) >= 11 is 0. The lowest BCUT2D eigenvalue weighted by molar-refractivity contribution is 0.193. The number of likely N-dealkylation sites (tertiary alicyclic amines) is 1. The van der Waals surface area contributed by atoms with Gasteiger partial charge in [-0.2, -0.15) is 5.10 Å². The maximum absolute atomic E-state index is 14.4. The number of ether oxygens (including phenoxy) is 1. The highest BCUT2D eigenvalue weighted by atomic mass is 19.1. The van der Waals surface area contributed by atoms with Gasteiger partial charge in [0, 0.05) is 18.3 Å². The minimum Gasteiger partial charge on any atom is -0.410 e. The topological polar surface area (TPSA) is 69.5 Å². The van der Waals surface area contributed by atoms with E-state index in [1.165, 1.54) is 6.07 Å². The summed E-state index contributed by atoms with van der Waals surface area (Å²) in [6.45, 7) is 0.672. The van der Waals surface area contributed by atoms with Gasteiger partial charge >= 0.3 is 6.09 Å². The third-order valence-electron chi connectivity index (χ3n) is 5.70. The van der Waals surface area contributed by atoms with Gasteiger partial charge in [0.2, 0.25) is 0 Å². The number of nitrogens with one attached hydrogen (secondary N) is 1. The molecule has 0 saturated carbocycles. The van der Waals surface area contributed by atoms with Crippen molar-refractivity contribution in [1.29, 1.82) is 0 Å². The van der Waals surface area contributed by atoms with Crippen LogP contribution in [0, 0.1) is 11.6 Å². The summed E-state index contributed by atoms with van der Waals surface area (Å²) in [6, 6.07) is 11.5. The van der Waals surface area contributed by atoms with E-state index in [1.54, 1.807) is 47.8 Å². The van der Waals surface area contributed by atoms with Crippen LogP contribution in [0.5, 0.6) is 5.75 Å². The van der Waals surface area contributed by atoms with Crippen molar-refractivity contribution in [2.75, 3.05) is 6.54 Å². The molecule has 7 nitrogen and oxygen atoms in total. The van der Waals surface area contributed by atoms with Crippen molar-refractivity contribution in [2.24, 2.45) is 10.1 Å². The monoisotopic (exact) mass is 437 g/mol. The van der Waals surface area contributed by atoms with Gasteiger partial charge in [0.25, 0.3) is 0 Å². The van der Waals surface area contributed by atoms with E-state index in [0.29, 0.717) is 30.1 Å². The van der Waals surface area contributed by atoms with E-state index in [9.17, 15) is 13.6 Å². The number of para-hydroxylation sites is 1. The van der Waals surface area contributed by atoms with Gasteiger partial charge < -0.3 is 15.0 Å². The van der Waals surface area contributed by atoms with Gasteiger partial charge in [-0.05, 0) is 49.2 Å². The molecule has 3 aliphatic heterocycles. The molecule has 5 rings (SSSR count). The first kappa shape index (κ1) is 20.2. The third-order valence-corrected chi connectivity index (χ3v) is 5.70.